The largest absolute Gasteiger partial charge is 0.350 e. The van der Waals surface area contributed by atoms with E-state index in [0.29, 0.717) is 41.8 Å². The van der Waals surface area contributed by atoms with Crippen molar-refractivity contribution in [2.24, 2.45) is 0 Å². The zero-order valence-corrected chi connectivity index (χ0v) is 23.4. The predicted octanol–water partition coefficient (Wildman–Crippen LogP) is 2.62. The molecule has 40 heavy (non-hydrogen) atoms. The number of hydroxylamine groups is 2. The van der Waals surface area contributed by atoms with E-state index in [0.717, 1.165) is 19.1 Å². The third-order valence-corrected chi connectivity index (χ3v) is 9.17. The molecule has 1 fully saturated rings. The molecule has 0 radical (unpaired) electrons. The quantitative estimate of drug-likeness (QED) is 0.330. The molecule has 2 aromatic carbocycles. The second-order valence-corrected chi connectivity index (χ2v) is 12.4. The molecule has 2 atom stereocenters. The Hall–Kier alpha value is -3.23. The molecule has 1 amide bonds. The molecule has 3 aromatic rings. The van der Waals surface area contributed by atoms with E-state index in [-0.39, 0.29) is 18.4 Å². The molecule has 1 unspecified atom stereocenters. The predicted molar refractivity (Wildman–Crippen MR) is 146 cm³/mol. The minimum atomic E-state index is -3.91. The number of halogens is 1. The van der Waals surface area contributed by atoms with Crippen LogP contribution in [0.4, 0.5) is 4.39 Å². The number of hydrogen-bond donors (Lipinski definition) is 2. The van der Waals surface area contributed by atoms with E-state index in [1.807, 2.05) is 0 Å². The summed E-state index contributed by atoms with van der Waals surface area (Å²) in [7, 11) is -2.43. The van der Waals surface area contributed by atoms with Gasteiger partial charge in [-0.3, -0.25) is 14.2 Å². The summed E-state index contributed by atoms with van der Waals surface area (Å²) in [4.78, 5) is 40.6. The third-order valence-electron chi connectivity index (χ3n) is 7.14. The summed E-state index contributed by atoms with van der Waals surface area (Å²) >= 11 is 0. The number of ether oxygens (including phenoxy) is 1. The van der Waals surface area contributed by atoms with E-state index in [1.54, 1.807) is 30.3 Å². The van der Waals surface area contributed by atoms with Crippen LogP contribution in [0.5, 0.6) is 0 Å². The normalized spacial score (nSPS) is 17.4. The minimum Gasteiger partial charge on any atom is -0.350 e. The van der Waals surface area contributed by atoms with Crippen molar-refractivity contribution >= 4 is 26.6 Å². The van der Waals surface area contributed by atoms with Gasteiger partial charge in [0.05, 0.1) is 24.3 Å². The highest BCUT2D eigenvalue weighted by Gasteiger charge is 2.44. The first kappa shape index (κ1) is 29.7. The maximum atomic E-state index is 14.8. The van der Waals surface area contributed by atoms with Gasteiger partial charge in [0.1, 0.15) is 5.82 Å². The van der Waals surface area contributed by atoms with Crippen LogP contribution in [0.2, 0.25) is 0 Å². The maximum absolute atomic E-state index is 14.8. The summed E-state index contributed by atoms with van der Waals surface area (Å²) in [5.41, 5.74) is 6.43. The summed E-state index contributed by atoms with van der Waals surface area (Å²) in [5.74, 6) is -1.28. The lowest BCUT2D eigenvalue weighted by Gasteiger charge is -2.28. The number of carbonyl (C=O) groups is 1. The highest BCUT2D eigenvalue weighted by molar-refractivity contribution is 7.92. The Morgan fingerprint density at radius 2 is 2.05 bits per heavy atom. The first-order valence-corrected chi connectivity index (χ1v) is 14.7. The Bertz CT molecular complexity index is 1540. The Labute approximate surface area is 231 Å². The van der Waals surface area contributed by atoms with Crippen molar-refractivity contribution in [1.82, 2.24) is 20.5 Å². The van der Waals surface area contributed by atoms with Crippen LogP contribution in [0.15, 0.2) is 47.5 Å². The Balaban J connectivity index is 1.52. The molecule has 13 heteroatoms. The van der Waals surface area contributed by atoms with Crippen molar-refractivity contribution in [3.05, 3.63) is 64.5 Å². The van der Waals surface area contributed by atoms with Gasteiger partial charge < -0.3 is 9.57 Å². The highest BCUT2D eigenvalue weighted by atomic mass is 32.2. The number of amides is 1. The molecule has 0 spiro atoms. The number of fused-ring (bicyclic) bond motifs is 1. The standard InChI is InChI=1S/C27H33FN4O7S/c1-27(40(3,35)36,26(34)31-39-24-6-4-5-13-38-24)11-12-32-17-29-23-15-19(8-10-21(23)25(32)33)20-9-7-18(14-22(20)28)16-30-37-2/h7-10,14-15,17,24,30H,4-6,11-13,16H2,1-3H3,(H,31,34)/t24?,27-/m1/s1. The van der Waals surface area contributed by atoms with Crippen molar-refractivity contribution in [3.63, 3.8) is 0 Å². The van der Waals surface area contributed by atoms with Gasteiger partial charge in [-0.15, -0.1) is 0 Å². The Kier molecular flexibility index (Phi) is 9.31. The topological polar surface area (TPSA) is 138 Å². The molecule has 2 heterocycles. The lowest BCUT2D eigenvalue weighted by molar-refractivity contribution is -0.201. The fraction of sp³-hybridized carbons (Fsp3) is 0.444. The Morgan fingerprint density at radius 3 is 2.73 bits per heavy atom. The molecule has 0 bridgehead atoms. The number of aromatic nitrogens is 2. The minimum absolute atomic E-state index is 0.0912. The first-order chi connectivity index (χ1) is 19.0. The van der Waals surface area contributed by atoms with Crippen LogP contribution in [-0.4, -0.2) is 54.9 Å². The Morgan fingerprint density at radius 1 is 1.25 bits per heavy atom. The number of rotatable bonds is 11. The summed E-state index contributed by atoms with van der Waals surface area (Å²) in [6, 6.07) is 9.61. The van der Waals surface area contributed by atoms with E-state index in [9.17, 15) is 22.4 Å². The summed E-state index contributed by atoms with van der Waals surface area (Å²) < 4.78 is 44.9. The van der Waals surface area contributed by atoms with Gasteiger partial charge in [0.25, 0.3) is 11.5 Å². The number of carbonyl (C=O) groups excluding carboxylic acids is 1. The van der Waals surface area contributed by atoms with E-state index >= 15 is 0 Å². The molecule has 1 saturated heterocycles. The molecule has 216 valence electrons. The molecular weight excluding hydrogens is 543 g/mol. The molecule has 2 N–H and O–H groups in total. The number of sulfone groups is 1. The van der Waals surface area contributed by atoms with Crippen molar-refractivity contribution in [1.29, 1.82) is 0 Å². The van der Waals surface area contributed by atoms with Crippen LogP contribution in [0.25, 0.3) is 22.0 Å². The summed E-state index contributed by atoms with van der Waals surface area (Å²) in [6.07, 6.45) is 3.76. The monoisotopic (exact) mass is 576 g/mol. The zero-order chi connectivity index (χ0) is 28.9. The van der Waals surface area contributed by atoms with Crippen molar-refractivity contribution in [3.8, 4) is 11.1 Å². The number of benzene rings is 2. The smallest absolute Gasteiger partial charge is 0.264 e. The molecular formula is C27H33FN4O7S. The average molecular weight is 577 g/mol. The number of aryl methyl sites for hydroxylation is 1. The van der Waals surface area contributed by atoms with Crippen molar-refractivity contribution in [2.45, 2.75) is 56.7 Å². The molecule has 1 aliphatic heterocycles. The number of nitrogens with one attached hydrogen (secondary N) is 2. The van der Waals surface area contributed by atoms with Crippen LogP contribution in [0.3, 0.4) is 0 Å². The molecule has 4 rings (SSSR count). The maximum Gasteiger partial charge on any atom is 0.264 e. The van der Waals surface area contributed by atoms with Crippen molar-refractivity contribution < 1.29 is 32.0 Å². The van der Waals surface area contributed by atoms with E-state index in [2.05, 4.69) is 15.9 Å². The lowest BCUT2D eigenvalue weighted by Crippen LogP contribution is -2.51. The average Bonchev–Trinajstić information content (AvgIpc) is 2.94. The zero-order valence-electron chi connectivity index (χ0n) is 22.6. The lowest BCUT2D eigenvalue weighted by atomic mass is 10.0. The molecule has 0 aliphatic carbocycles. The van der Waals surface area contributed by atoms with Gasteiger partial charge in [-0.2, -0.15) is 5.48 Å². The van der Waals surface area contributed by atoms with Gasteiger partial charge >= 0.3 is 0 Å². The number of hydrogen-bond acceptors (Lipinski definition) is 9. The fourth-order valence-corrected chi connectivity index (χ4v) is 5.22. The van der Waals surface area contributed by atoms with Crippen LogP contribution in [0.1, 0.15) is 38.2 Å². The van der Waals surface area contributed by atoms with Crippen molar-refractivity contribution in [2.75, 3.05) is 20.0 Å². The first-order valence-electron chi connectivity index (χ1n) is 12.8. The second kappa shape index (κ2) is 12.5. The summed E-state index contributed by atoms with van der Waals surface area (Å²) in [6.45, 7) is 2.04. The van der Waals surface area contributed by atoms with E-state index in [4.69, 9.17) is 14.4 Å². The SMILES string of the molecule is CONCc1ccc(-c2ccc3c(=O)n(CC[C@](C)(C(=O)NOC4CCCCO4)S(C)(=O)=O)cnc3c2)c(F)c1. The van der Waals surface area contributed by atoms with Crippen LogP contribution < -0.4 is 16.5 Å². The summed E-state index contributed by atoms with van der Waals surface area (Å²) in [5, 5.41) is 0.274. The van der Waals surface area contributed by atoms with Gasteiger partial charge in [-0.05, 0) is 55.5 Å². The molecule has 11 nitrogen and oxygen atoms in total. The van der Waals surface area contributed by atoms with Gasteiger partial charge in [0.2, 0.25) is 0 Å². The fourth-order valence-electron chi connectivity index (χ4n) is 4.38. The van der Waals surface area contributed by atoms with Gasteiger partial charge in [0.15, 0.2) is 20.9 Å². The van der Waals surface area contributed by atoms with Crippen LogP contribution in [0, 0.1) is 5.82 Å². The highest BCUT2D eigenvalue weighted by Crippen LogP contribution is 2.27. The van der Waals surface area contributed by atoms with Gasteiger partial charge in [-0.25, -0.2) is 28.1 Å². The molecule has 0 saturated carbocycles. The van der Waals surface area contributed by atoms with Crippen LogP contribution in [-0.2, 0) is 42.1 Å². The van der Waals surface area contributed by atoms with E-state index in [1.165, 1.54) is 31.0 Å². The molecule has 1 aromatic heterocycles. The molecule has 1 aliphatic rings. The third kappa shape index (κ3) is 6.56. The van der Waals surface area contributed by atoms with Crippen LogP contribution >= 0.6 is 0 Å². The van der Waals surface area contributed by atoms with Gasteiger partial charge in [-0.1, -0.05) is 18.2 Å². The number of nitrogens with zero attached hydrogens (tertiary/aromatic N) is 2. The second-order valence-electron chi connectivity index (χ2n) is 9.91. The van der Waals surface area contributed by atoms with Gasteiger partial charge in [0, 0.05) is 37.9 Å². The van der Waals surface area contributed by atoms with E-state index < -0.39 is 38.2 Å².